The number of carbonyl (C=O) groups excluding carboxylic acids is 4. The van der Waals surface area contributed by atoms with Crippen LogP contribution in [0.2, 0.25) is 0 Å². The number of rotatable bonds is 10. The van der Waals surface area contributed by atoms with Crippen molar-refractivity contribution in [1.82, 2.24) is 4.90 Å². The number of amides is 4. The number of aryl methyl sites for hydroxylation is 4. The number of carbonyl (C=O) groups is 4. The van der Waals surface area contributed by atoms with E-state index in [1.54, 1.807) is 24.3 Å². The summed E-state index contributed by atoms with van der Waals surface area (Å²) in [6.07, 6.45) is 1.56. The van der Waals surface area contributed by atoms with Crippen LogP contribution in [0.1, 0.15) is 34.7 Å². The third-order valence-corrected chi connectivity index (χ3v) is 7.30. The van der Waals surface area contributed by atoms with Gasteiger partial charge in [0.2, 0.25) is 5.91 Å². The van der Waals surface area contributed by atoms with Gasteiger partial charge in [0.15, 0.2) is 18.1 Å². The monoisotopic (exact) mass is 587 g/mol. The van der Waals surface area contributed by atoms with Crippen LogP contribution >= 0.6 is 11.8 Å². The summed E-state index contributed by atoms with van der Waals surface area (Å²) in [5, 5.41) is 5.04. The maximum absolute atomic E-state index is 13.0. The molecule has 4 amide bonds. The first-order valence-electron chi connectivity index (χ1n) is 13.4. The van der Waals surface area contributed by atoms with E-state index in [9.17, 15) is 19.2 Å². The van der Waals surface area contributed by atoms with E-state index in [2.05, 4.69) is 10.6 Å². The standard InChI is InChI=1S/C32H33N3O6S/c1-6-40-27-15-23(8-10-26(27)41-18-30(37)33-24-9-7-21(4)22(5)14-24)16-28-31(38)35(32(39)42-28)17-29(36)34-25-12-19(2)11-20(3)13-25/h7-16H,6,17-18H2,1-5H3,(H,33,37)(H,34,36)/b28-16+. The van der Waals surface area contributed by atoms with E-state index in [0.29, 0.717) is 35.0 Å². The molecule has 3 aromatic carbocycles. The number of hydrogen-bond acceptors (Lipinski definition) is 7. The zero-order chi connectivity index (χ0) is 30.4. The van der Waals surface area contributed by atoms with E-state index >= 15 is 0 Å². The van der Waals surface area contributed by atoms with E-state index in [-0.39, 0.29) is 17.4 Å². The molecule has 0 aliphatic carbocycles. The first kappa shape index (κ1) is 30.4. The van der Waals surface area contributed by atoms with Gasteiger partial charge in [-0.2, -0.15) is 0 Å². The fourth-order valence-corrected chi connectivity index (χ4v) is 5.18. The van der Waals surface area contributed by atoms with Gasteiger partial charge in [-0.15, -0.1) is 0 Å². The summed E-state index contributed by atoms with van der Waals surface area (Å²) in [5.41, 5.74) is 6.06. The summed E-state index contributed by atoms with van der Waals surface area (Å²) in [6.45, 7) is 9.36. The quantitative estimate of drug-likeness (QED) is 0.279. The van der Waals surface area contributed by atoms with Crippen molar-refractivity contribution >= 4 is 52.2 Å². The molecule has 42 heavy (non-hydrogen) atoms. The molecule has 0 radical (unpaired) electrons. The van der Waals surface area contributed by atoms with Crippen LogP contribution in [0, 0.1) is 27.7 Å². The summed E-state index contributed by atoms with van der Waals surface area (Å²) < 4.78 is 11.4. The van der Waals surface area contributed by atoms with E-state index in [0.717, 1.165) is 38.9 Å². The van der Waals surface area contributed by atoms with E-state index < -0.39 is 23.6 Å². The number of benzene rings is 3. The van der Waals surface area contributed by atoms with E-state index in [4.69, 9.17) is 9.47 Å². The summed E-state index contributed by atoms with van der Waals surface area (Å²) in [4.78, 5) is 51.7. The van der Waals surface area contributed by atoms with Gasteiger partial charge in [-0.3, -0.25) is 24.1 Å². The third-order valence-electron chi connectivity index (χ3n) is 6.40. The summed E-state index contributed by atoms with van der Waals surface area (Å²) in [5.74, 6) is -0.593. The number of nitrogens with one attached hydrogen (secondary N) is 2. The molecule has 0 bridgehead atoms. The van der Waals surface area contributed by atoms with Gasteiger partial charge >= 0.3 is 0 Å². The molecule has 218 valence electrons. The summed E-state index contributed by atoms with van der Waals surface area (Å²) >= 11 is 0.764. The average Bonchev–Trinajstić information content (AvgIpc) is 3.17. The molecule has 10 heteroatoms. The molecule has 0 unspecified atom stereocenters. The molecular formula is C32H33N3O6S. The molecule has 2 N–H and O–H groups in total. The molecular weight excluding hydrogens is 554 g/mol. The Morgan fingerprint density at radius 2 is 1.52 bits per heavy atom. The van der Waals surface area contributed by atoms with Crippen LogP contribution in [0.3, 0.4) is 0 Å². The minimum Gasteiger partial charge on any atom is -0.490 e. The molecule has 0 spiro atoms. The van der Waals surface area contributed by atoms with Crippen LogP contribution in [0.25, 0.3) is 6.08 Å². The Morgan fingerprint density at radius 3 is 2.21 bits per heavy atom. The second-order valence-corrected chi connectivity index (χ2v) is 11.0. The third kappa shape index (κ3) is 7.79. The van der Waals surface area contributed by atoms with Crippen molar-refractivity contribution in [2.24, 2.45) is 0 Å². The van der Waals surface area contributed by atoms with Crippen molar-refractivity contribution in [2.45, 2.75) is 34.6 Å². The zero-order valence-electron chi connectivity index (χ0n) is 24.2. The van der Waals surface area contributed by atoms with Gasteiger partial charge in [-0.05, 0) is 117 Å². The molecule has 1 aliphatic heterocycles. The lowest BCUT2D eigenvalue weighted by molar-refractivity contribution is -0.127. The highest BCUT2D eigenvalue weighted by atomic mass is 32.2. The van der Waals surface area contributed by atoms with Gasteiger partial charge in [0.05, 0.1) is 11.5 Å². The molecule has 3 aromatic rings. The fraction of sp³-hybridized carbons (Fsp3) is 0.250. The minimum absolute atomic E-state index is 0.183. The highest BCUT2D eigenvalue weighted by Gasteiger charge is 2.36. The van der Waals surface area contributed by atoms with E-state index in [1.807, 2.05) is 71.0 Å². The van der Waals surface area contributed by atoms with Gasteiger partial charge in [0, 0.05) is 11.4 Å². The fourth-order valence-electron chi connectivity index (χ4n) is 4.34. The lowest BCUT2D eigenvalue weighted by atomic mass is 10.1. The van der Waals surface area contributed by atoms with Crippen LogP contribution in [0.5, 0.6) is 11.5 Å². The maximum Gasteiger partial charge on any atom is 0.294 e. The number of imide groups is 1. The minimum atomic E-state index is -0.554. The van der Waals surface area contributed by atoms with Gasteiger partial charge in [-0.25, -0.2) is 0 Å². The van der Waals surface area contributed by atoms with E-state index in [1.165, 1.54) is 0 Å². The highest BCUT2D eigenvalue weighted by Crippen LogP contribution is 2.35. The number of ether oxygens (including phenoxy) is 2. The average molecular weight is 588 g/mol. The molecule has 1 aliphatic rings. The van der Waals surface area contributed by atoms with Gasteiger partial charge < -0.3 is 20.1 Å². The van der Waals surface area contributed by atoms with Gasteiger partial charge in [0.1, 0.15) is 6.54 Å². The Balaban J connectivity index is 1.40. The maximum atomic E-state index is 13.0. The van der Waals surface area contributed by atoms with Crippen molar-refractivity contribution in [2.75, 3.05) is 30.4 Å². The van der Waals surface area contributed by atoms with Crippen LogP contribution in [-0.4, -0.2) is 47.6 Å². The Bertz CT molecular complexity index is 1560. The smallest absolute Gasteiger partial charge is 0.294 e. The lowest BCUT2D eigenvalue weighted by Crippen LogP contribution is -2.36. The zero-order valence-corrected chi connectivity index (χ0v) is 25.0. The highest BCUT2D eigenvalue weighted by molar-refractivity contribution is 8.18. The topological polar surface area (TPSA) is 114 Å². The van der Waals surface area contributed by atoms with Gasteiger partial charge in [0.25, 0.3) is 17.1 Å². The number of thioether (sulfide) groups is 1. The predicted molar refractivity (Wildman–Crippen MR) is 165 cm³/mol. The molecule has 1 heterocycles. The predicted octanol–water partition coefficient (Wildman–Crippen LogP) is 6.01. The number of anilines is 2. The van der Waals surface area contributed by atoms with Crippen molar-refractivity contribution in [3.05, 3.63) is 87.3 Å². The molecule has 1 saturated heterocycles. The van der Waals surface area contributed by atoms with Crippen LogP contribution in [0.4, 0.5) is 16.2 Å². The first-order valence-corrected chi connectivity index (χ1v) is 14.2. The Hall–Kier alpha value is -4.57. The first-order chi connectivity index (χ1) is 20.0. The SMILES string of the molecule is CCOc1cc(/C=C2/SC(=O)N(CC(=O)Nc3cc(C)cc(C)c3)C2=O)ccc1OCC(=O)Nc1ccc(C)c(C)c1. The molecule has 9 nitrogen and oxygen atoms in total. The Morgan fingerprint density at radius 1 is 0.810 bits per heavy atom. The molecule has 0 aromatic heterocycles. The molecule has 1 fully saturated rings. The molecule has 0 atom stereocenters. The van der Waals surface area contributed by atoms with Crippen molar-refractivity contribution < 1.29 is 28.7 Å². The van der Waals surface area contributed by atoms with Crippen LogP contribution in [0.15, 0.2) is 59.5 Å². The number of nitrogens with zero attached hydrogens (tertiary/aromatic N) is 1. The largest absolute Gasteiger partial charge is 0.490 e. The Labute approximate surface area is 249 Å². The van der Waals surface area contributed by atoms with Crippen LogP contribution < -0.4 is 20.1 Å². The Kier molecular flexibility index (Phi) is 9.69. The summed E-state index contributed by atoms with van der Waals surface area (Å²) in [7, 11) is 0. The molecule has 4 rings (SSSR count). The van der Waals surface area contributed by atoms with Crippen molar-refractivity contribution in [3.8, 4) is 11.5 Å². The second kappa shape index (κ2) is 13.4. The van der Waals surface area contributed by atoms with Crippen molar-refractivity contribution in [3.63, 3.8) is 0 Å². The van der Waals surface area contributed by atoms with Crippen LogP contribution in [-0.2, 0) is 14.4 Å². The second-order valence-electron chi connectivity index (χ2n) is 9.97. The summed E-state index contributed by atoms with van der Waals surface area (Å²) in [6, 6.07) is 16.3. The van der Waals surface area contributed by atoms with Gasteiger partial charge in [-0.1, -0.05) is 18.2 Å². The molecule has 0 saturated carbocycles. The normalized spacial score (nSPS) is 13.8. The van der Waals surface area contributed by atoms with Crippen molar-refractivity contribution in [1.29, 1.82) is 0 Å². The lowest BCUT2D eigenvalue weighted by Gasteiger charge is -2.14. The number of hydrogen-bond donors (Lipinski definition) is 2.